The zero-order valence-electron chi connectivity index (χ0n) is 18.0. The number of nitrogens with one attached hydrogen (secondary N) is 1. The van der Waals surface area contributed by atoms with Crippen LogP contribution in [0.25, 0.3) is 0 Å². The minimum atomic E-state index is -0.812. The SMILES string of the molecule is Cc1cc(C(=O)COC(=O)C(C)NC(=O)C(C)(C)C)c(C)n1CCc1cccs1. The van der Waals surface area contributed by atoms with Gasteiger partial charge in [-0.2, -0.15) is 0 Å². The molecule has 1 unspecified atom stereocenters. The molecule has 1 N–H and O–H groups in total. The van der Waals surface area contributed by atoms with Crippen LogP contribution < -0.4 is 5.32 Å². The fraction of sp³-hybridized carbons (Fsp3) is 0.500. The molecule has 0 saturated heterocycles. The molecule has 0 radical (unpaired) electrons. The maximum atomic E-state index is 12.6. The van der Waals surface area contributed by atoms with E-state index in [9.17, 15) is 14.4 Å². The Morgan fingerprint density at radius 2 is 1.93 bits per heavy atom. The van der Waals surface area contributed by atoms with Gasteiger partial charge in [-0.05, 0) is 44.7 Å². The summed E-state index contributed by atoms with van der Waals surface area (Å²) < 4.78 is 7.26. The first-order valence-corrected chi connectivity index (χ1v) is 10.6. The van der Waals surface area contributed by atoms with Gasteiger partial charge in [-0.3, -0.25) is 9.59 Å². The Balaban J connectivity index is 1.94. The van der Waals surface area contributed by atoms with Crippen molar-refractivity contribution in [3.05, 3.63) is 45.4 Å². The highest BCUT2D eigenvalue weighted by Crippen LogP contribution is 2.18. The molecule has 29 heavy (non-hydrogen) atoms. The van der Waals surface area contributed by atoms with Crippen molar-refractivity contribution in [3.63, 3.8) is 0 Å². The molecule has 0 saturated carbocycles. The number of thiophene rings is 1. The molecule has 0 aromatic carbocycles. The lowest BCUT2D eigenvalue weighted by Gasteiger charge is -2.20. The number of ketones is 1. The number of hydrogen-bond donors (Lipinski definition) is 1. The van der Waals surface area contributed by atoms with Crippen molar-refractivity contribution in [2.75, 3.05) is 6.61 Å². The molecule has 0 spiro atoms. The summed E-state index contributed by atoms with van der Waals surface area (Å²) >= 11 is 1.72. The van der Waals surface area contributed by atoms with Crippen LogP contribution in [-0.2, 0) is 27.3 Å². The molecule has 0 aliphatic carbocycles. The maximum absolute atomic E-state index is 12.6. The lowest BCUT2D eigenvalue weighted by molar-refractivity contribution is -0.147. The Labute approximate surface area is 176 Å². The van der Waals surface area contributed by atoms with E-state index in [1.165, 1.54) is 4.88 Å². The molecule has 2 aromatic rings. The van der Waals surface area contributed by atoms with E-state index < -0.39 is 17.4 Å². The van der Waals surface area contributed by atoms with E-state index in [0.29, 0.717) is 5.56 Å². The summed E-state index contributed by atoms with van der Waals surface area (Å²) in [6, 6.07) is 5.16. The molecule has 6 nitrogen and oxygen atoms in total. The second-order valence-corrected chi connectivity index (χ2v) is 9.27. The number of rotatable bonds is 8. The molecule has 2 heterocycles. The third-order valence-electron chi connectivity index (χ3n) is 4.76. The van der Waals surface area contributed by atoms with Crippen molar-refractivity contribution < 1.29 is 19.1 Å². The quantitative estimate of drug-likeness (QED) is 0.524. The Morgan fingerprint density at radius 3 is 2.52 bits per heavy atom. The molecule has 0 aliphatic heterocycles. The van der Waals surface area contributed by atoms with Gasteiger partial charge in [0.2, 0.25) is 11.7 Å². The van der Waals surface area contributed by atoms with Gasteiger partial charge in [-0.25, -0.2) is 4.79 Å². The normalized spacial score (nSPS) is 12.5. The largest absolute Gasteiger partial charge is 0.456 e. The number of Topliss-reactive ketones (excluding diaryl/α,β-unsaturated/α-hetero) is 1. The Hall–Kier alpha value is -2.41. The van der Waals surface area contributed by atoms with Crippen LogP contribution in [0.2, 0.25) is 0 Å². The highest BCUT2D eigenvalue weighted by atomic mass is 32.1. The number of aryl methyl sites for hydroxylation is 2. The van der Waals surface area contributed by atoms with Crippen molar-refractivity contribution in [1.82, 2.24) is 9.88 Å². The smallest absolute Gasteiger partial charge is 0.328 e. The first-order chi connectivity index (χ1) is 13.5. The highest BCUT2D eigenvalue weighted by Gasteiger charge is 2.26. The van der Waals surface area contributed by atoms with Gasteiger partial charge in [0, 0.05) is 33.8 Å². The van der Waals surface area contributed by atoms with E-state index in [1.807, 2.05) is 26.0 Å². The first kappa shape index (κ1) is 22.9. The minimum Gasteiger partial charge on any atom is -0.456 e. The standard InChI is InChI=1S/C22H30N2O4S/c1-14-12-18(16(3)24(14)10-9-17-8-7-11-29-17)19(25)13-28-20(26)15(2)23-21(27)22(4,5)6/h7-8,11-12,15H,9-10,13H2,1-6H3,(H,23,27). The summed E-state index contributed by atoms with van der Waals surface area (Å²) in [5, 5.41) is 4.66. The fourth-order valence-corrected chi connectivity index (χ4v) is 3.61. The summed E-state index contributed by atoms with van der Waals surface area (Å²) in [4.78, 5) is 38.0. The summed E-state index contributed by atoms with van der Waals surface area (Å²) in [5.41, 5.74) is 1.83. The molecule has 0 fully saturated rings. The monoisotopic (exact) mass is 418 g/mol. The maximum Gasteiger partial charge on any atom is 0.328 e. The third kappa shape index (κ3) is 6.03. The van der Waals surface area contributed by atoms with Crippen molar-refractivity contribution in [2.45, 2.75) is 60.5 Å². The highest BCUT2D eigenvalue weighted by molar-refractivity contribution is 7.09. The van der Waals surface area contributed by atoms with Crippen LogP contribution >= 0.6 is 11.3 Å². The van der Waals surface area contributed by atoms with Crippen molar-refractivity contribution >= 4 is 29.0 Å². The summed E-state index contributed by atoms with van der Waals surface area (Å²) in [6.45, 7) is 11.2. The van der Waals surface area contributed by atoms with E-state index in [4.69, 9.17) is 4.74 Å². The third-order valence-corrected chi connectivity index (χ3v) is 5.70. The van der Waals surface area contributed by atoms with Gasteiger partial charge >= 0.3 is 5.97 Å². The second kappa shape index (κ2) is 9.39. The van der Waals surface area contributed by atoms with Gasteiger partial charge < -0.3 is 14.6 Å². The van der Waals surface area contributed by atoms with Gasteiger partial charge in [-0.15, -0.1) is 11.3 Å². The molecule has 2 aromatic heterocycles. The zero-order chi connectivity index (χ0) is 21.8. The predicted molar refractivity (Wildman–Crippen MR) is 114 cm³/mol. The van der Waals surface area contributed by atoms with E-state index in [2.05, 4.69) is 21.3 Å². The van der Waals surface area contributed by atoms with Crippen LogP contribution in [0.1, 0.15) is 54.3 Å². The average molecular weight is 419 g/mol. The lowest BCUT2D eigenvalue weighted by atomic mass is 9.95. The van der Waals surface area contributed by atoms with Gasteiger partial charge in [0.25, 0.3) is 0 Å². The number of amides is 1. The van der Waals surface area contributed by atoms with Crippen molar-refractivity contribution in [3.8, 4) is 0 Å². The van der Waals surface area contributed by atoms with E-state index >= 15 is 0 Å². The number of carbonyl (C=O) groups excluding carboxylic acids is 3. The van der Waals surface area contributed by atoms with E-state index in [-0.39, 0.29) is 18.3 Å². The van der Waals surface area contributed by atoms with Crippen LogP contribution in [0.15, 0.2) is 23.6 Å². The Morgan fingerprint density at radius 1 is 1.24 bits per heavy atom. The molecular weight excluding hydrogens is 388 g/mol. The van der Waals surface area contributed by atoms with Crippen molar-refractivity contribution in [1.29, 1.82) is 0 Å². The molecule has 7 heteroatoms. The minimum absolute atomic E-state index is 0.247. The molecule has 0 aliphatic rings. The van der Waals surface area contributed by atoms with Crippen LogP contribution in [0.4, 0.5) is 0 Å². The number of esters is 1. The Bertz CT molecular complexity index is 876. The number of aromatic nitrogens is 1. The van der Waals surface area contributed by atoms with Crippen molar-refractivity contribution in [2.24, 2.45) is 5.41 Å². The number of carbonyl (C=O) groups is 3. The summed E-state index contributed by atoms with van der Waals surface area (Å²) in [7, 11) is 0. The molecule has 0 bridgehead atoms. The molecule has 1 amide bonds. The molecule has 158 valence electrons. The molecule has 2 rings (SSSR count). The van der Waals surface area contributed by atoms with Gasteiger partial charge in [0.05, 0.1) is 0 Å². The van der Waals surface area contributed by atoms with Gasteiger partial charge in [-0.1, -0.05) is 26.8 Å². The first-order valence-electron chi connectivity index (χ1n) is 9.70. The zero-order valence-corrected chi connectivity index (χ0v) is 18.8. The topological polar surface area (TPSA) is 77.4 Å². The van der Waals surface area contributed by atoms with Gasteiger partial charge in [0.15, 0.2) is 6.61 Å². The van der Waals surface area contributed by atoms with Crippen LogP contribution in [0.5, 0.6) is 0 Å². The summed E-state index contributed by atoms with van der Waals surface area (Å²) in [6.07, 6.45) is 0.904. The van der Waals surface area contributed by atoms with Crippen LogP contribution in [-0.4, -0.2) is 34.9 Å². The number of hydrogen-bond acceptors (Lipinski definition) is 5. The predicted octanol–water partition coefficient (Wildman–Crippen LogP) is 3.69. The van der Waals surface area contributed by atoms with Crippen LogP contribution in [0.3, 0.4) is 0 Å². The number of nitrogens with zero attached hydrogens (tertiary/aromatic N) is 1. The lowest BCUT2D eigenvalue weighted by Crippen LogP contribution is -2.45. The van der Waals surface area contributed by atoms with Gasteiger partial charge in [0.1, 0.15) is 6.04 Å². The Kier molecular flexibility index (Phi) is 7.41. The molecular formula is C22H30N2O4S. The van der Waals surface area contributed by atoms with Crippen LogP contribution in [0, 0.1) is 19.3 Å². The van der Waals surface area contributed by atoms with E-state index in [0.717, 1.165) is 24.4 Å². The molecule has 1 atom stereocenters. The average Bonchev–Trinajstić information content (AvgIpc) is 3.25. The van der Waals surface area contributed by atoms with E-state index in [1.54, 1.807) is 39.0 Å². The fourth-order valence-electron chi connectivity index (χ4n) is 2.92. The summed E-state index contributed by atoms with van der Waals surface area (Å²) in [5.74, 6) is -1.12. The number of ether oxygens (including phenoxy) is 1. The second-order valence-electron chi connectivity index (χ2n) is 8.24.